The zero-order valence-electron chi connectivity index (χ0n) is 14.5. The van der Waals surface area contributed by atoms with E-state index in [0.29, 0.717) is 11.4 Å². The van der Waals surface area contributed by atoms with Crippen molar-refractivity contribution in [1.29, 1.82) is 0 Å². The van der Waals surface area contributed by atoms with E-state index < -0.39 is 17.9 Å². The number of imide groups is 1. The number of urea groups is 1. The number of hydrogen-bond acceptors (Lipinski definition) is 4. The molecule has 1 aliphatic rings. The van der Waals surface area contributed by atoms with Crippen LogP contribution in [0.1, 0.15) is 12.8 Å². The van der Waals surface area contributed by atoms with Crippen LogP contribution in [-0.2, 0) is 11.3 Å². The Morgan fingerprint density at radius 3 is 2.48 bits per heavy atom. The molecule has 6 nitrogen and oxygen atoms in total. The van der Waals surface area contributed by atoms with Gasteiger partial charge in [-0.2, -0.15) is 0 Å². The number of nitrogens with zero attached hydrogens (tertiary/aromatic N) is 3. The van der Waals surface area contributed by atoms with Crippen LogP contribution < -0.4 is 4.90 Å². The highest BCUT2D eigenvalue weighted by Crippen LogP contribution is 2.28. The maximum absolute atomic E-state index is 13.1. The topological polar surface area (TPSA) is 66.7 Å². The first-order chi connectivity index (χ1) is 13.0. The van der Waals surface area contributed by atoms with Gasteiger partial charge in [0.05, 0.1) is 6.20 Å². The van der Waals surface area contributed by atoms with Crippen molar-refractivity contribution >= 4 is 17.6 Å². The summed E-state index contributed by atoms with van der Waals surface area (Å²) in [6.07, 6.45) is 1.57. The quantitative estimate of drug-likeness (QED) is 0.659. The van der Waals surface area contributed by atoms with Gasteiger partial charge in [0.1, 0.15) is 18.4 Å². The Labute approximate surface area is 154 Å². The minimum Gasteiger partial charge on any atom is -0.439 e. The van der Waals surface area contributed by atoms with Crippen molar-refractivity contribution in [3.63, 3.8) is 0 Å². The number of aromatic nitrogens is 1. The van der Waals surface area contributed by atoms with Crippen molar-refractivity contribution in [3.05, 3.63) is 72.5 Å². The van der Waals surface area contributed by atoms with Crippen LogP contribution in [0, 0.1) is 5.82 Å². The minimum absolute atomic E-state index is 0.0630. The van der Waals surface area contributed by atoms with Gasteiger partial charge in [0.15, 0.2) is 5.76 Å². The fraction of sp³-hybridized carbons (Fsp3) is 0.150. The van der Waals surface area contributed by atoms with Crippen molar-refractivity contribution in [2.45, 2.75) is 19.5 Å². The largest absolute Gasteiger partial charge is 0.439 e. The average molecular weight is 365 g/mol. The number of carbonyl (C=O) groups excluding carboxylic acids is 2. The van der Waals surface area contributed by atoms with Crippen molar-refractivity contribution in [1.82, 2.24) is 9.88 Å². The highest BCUT2D eigenvalue weighted by Gasteiger charge is 2.43. The fourth-order valence-corrected chi connectivity index (χ4v) is 3.06. The molecule has 2 heterocycles. The van der Waals surface area contributed by atoms with Crippen LogP contribution in [0.15, 0.2) is 65.2 Å². The van der Waals surface area contributed by atoms with E-state index in [0.717, 1.165) is 10.5 Å². The molecule has 4 rings (SSSR count). The third-order valence-corrected chi connectivity index (χ3v) is 4.46. The summed E-state index contributed by atoms with van der Waals surface area (Å²) in [5.41, 5.74) is 1.32. The first-order valence-electron chi connectivity index (χ1n) is 8.45. The predicted molar refractivity (Wildman–Crippen MR) is 96.2 cm³/mol. The molecule has 0 bridgehead atoms. The van der Waals surface area contributed by atoms with Gasteiger partial charge in [-0.05, 0) is 31.2 Å². The van der Waals surface area contributed by atoms with E-state index in [2.05, 4.69) is 4.98 Å². The molecule has 2 aromatic carbocycles. The summed E-state index contributed by atoms with van der Waals surface area (Å²) in [5, 5.41) is 0. The number of anilines is 1. The number of rotatable bonds is 4. The van der Waals surface area contributed by atoms with Gasteiger partial charge in [0.25, 0.3) is 5.91 Å². The number of oxazole rings is 1. The molecule has 7 heteroatoms. The van der Waals surface area contributed by atoms with E-state index in [9.17, 15) is 14.0 Å². The molecule has 0 unspecified atom stereocenters. The monoisotopic (exact) mass is 365 g/mol. The van der Waals surface area contributed by atoms with Crippen molar-refractivity contribution in [3.8, 4) is 11.3 Å². The molecule has 3 amide bonds. The van der Waals surface area contributed by atoms with Crippen molar-refractivity contribution in [2.24, 2.45) is 0 Å². The lowest BCUT2D eigenvalue weighted by atomic mass is 10.2. The van der Waals surface area contributed by atoms with Gasteiger partial charge >= 0.3 is 6.03 Å². The summed E-state index contributed by atoms with van der Waals surface area (Å²) in [5.74, 6) is 0.0649. The third-order valence-electron chi connectivity index (χ3n) is 4.46. The maximum Gasteiger partial charge on any atom is 0.332 e. The Kier molecular flexibility index (Phi) is 4.19. The average Bonchev–Trinajstić information content (AvgIpc) is 3.23. The van der Waals surface area contributed by atoms with Crippen LogP contribution in [0.4, 0.5) is 14.9 Å². The molecule has 1 fully saturated rings. The molecule has 1 aliphatic heterocycles. The highest BCUT2D eigenvalue weighted by molar-refractivity contribution is 6.13. The van der Waals surface area contributed by atoms with Gasteiger partial charge in [0.2, 0.25) is 5.89 Å². The summed E-state index contributed by atoms with van der Waals surface area (Å²) in [6.45, 7) is 1.57. The second-order valence-electron chi connectivity index (χ2n) is 6.21. The summed E-state index contributed by atoms with van der Waals surface area (Å²) < 4.78 is 18.8. The Balaban J connectivity index is 1.56. The SMILES string of the molecule is C[C@@H]1C(=O)N(Cc2ncc(-c3ccccc3)o2)C(=O)N1c1ccc(F)cc1. The van der Waals surface area contributed by atoms with E-state index in [-0.39, 0.29) is 18.3 Å². The standard InChI is InChI=1S/C20H16FN3O3/c1-13-19(25)23(20(26)24(13)16-9-7-15(21)8-10-16)12-18-22-11-17(27-18)14-5-3-2-4-6-14/h2-11,13H,12H2,1H3/t13-/m1/s1. The Bertz CT molecular complexity index is 985. The molecule has 0 spiro atoms. The first-order valence-corrected chi connectivity index (χ1v) is 8.45. The molecule has 1 atom stereocenters. The highest BCUT2D eigenvalue weighted by atomic mass is 19.1. The number of benzene rings is 2. The van der Waals surface area contributed by atoms with Crippen LogP contribution >= 0.6 is 0 Å². The second kappa shape index (κ2) is 6.68. The Hall–Kier alpha value is -3.48. The molecule has 0 N–H and O–H groups in total. The summed E-state index contributed by atoms with van der Waals surface area (Å²) in [6, 6.07) is 13.7. The van der Waals surface area contributed by atoms with E-state index in [1.165, 1.54) is 29.2 Å². The number of hydrogen-bond donors (Lipinski definition) is 0. The minimum atomic E-state index is -0.688. The molecule has 0 saturated carbocycles. The van der Waals surface area contributed by atoms with Crippen LogP contribution in [0.25, 0.3) is 11.3 Å². The fourth-order valence-electron chi connectivity index (χ4n) is 3.06. The zero-order chi connectivity index (χ0) is 19.0. The summed E-state index contributed by atoms with van der Waals surface area (Å²) >= 11 is 0. The lowest BCUT2D eigenvalue weighted by Crippen LogP contribution is -2.33. The van der Waals surface area contributed by atoms with Crippen LogP contribution in [0.2, 0.25) is 0 Å². The smallest absolute Gasteiger partial charge is 0.332 e. The summed E-state index contributed by atoms with van der Waals surface area (Å²) in [7, 11) is 0. The maximum atomic E-state index is 13.1. The number of amides is 3. The van der Waals surface area contributed by atoms with E-state index in [1.54, 1.807) is 13.1 Å². The first kappa shape index (κ1) is 17.0. The van der Waals surface area contributed by atoms with Gasteiger partial charge in [-0.25, -0.2) is 14.2 Å². The van der Waals surface area contributed by atoms with Crippen molar-refractivity contribution < 1.29 is 18.4 Å². The molecule has 3 aromatic rings. The van der Waals surface area contributed by atoms with Crippen LogP contribution in [0.5, 0.6) is 0 Å². The molecular formula is C20H16FN3O3. The normalized spacial score (nSPS) is 17.0. The third kappa shape index (κ3) is 3.08. The lowest BCUT2D eigenvalue weighted by molar-refractivity contribution is -0.127. The van der Waals surface area contributed by atoms with Gasteiger partial charge < -0.3 is 4.42 Å². The van der Waals surface area contributed by atoms with E-state index in [4.69, 9.17) is 4.42 Å². The van der Waals surface area contributed by atoms with Gasteiger partial charge in [-0.1, -0.05) is 30.3 Å². The summed E-state index contributed by atoms with van der Waals surface area (Å²) in [4.78, 5) is 31.9. The van der Waals surface area contributed by atoms with Gasteiger partial charge in [-0.3, -0.25) is 14.6 Å². The molecule has 136 valence electrons. The molecule has 27 heavy (non-hydrogen) atoms. The number of carbonyl (C=O) groups is 2. The predicted octanol–water partition coefficient (Wildman–Crippen LogP) is 3.84. The van der Waals surface area contributed by atoms with E-state index >= 15 is 0 Å². The molecule has 0 aliphatic carbocycles. The van der Waals surface area contributed by atoms with Crippen LogP contribution in [0.3, 0.4) is 0 Å². The lowest BCUT2D eigenvalue weighted by Gasteiger charge is -2.19. The van der Waals surface area contributed by atoms with Crippen molar-refractivity contribution in [2.75, 3.05) is 4.90 Å². The molecular weight excluding hydrogens is 349 g/mol. The molecule has 0 radical (unpaired) electrons. The van der Waals surface area contributed by atoms with Gasteiger partial charge in [0, 0.05) is 11.3 Å². The Morgan fingerprint density at radius 2 is 1.78 bits per heavy atom. The van der Waals surface area contributed by atoms with Crippen LogP contribution in [-0.4, -0.2) is 27.9 Å². The number of halogens is 1. The molecule has 1 aromatic heterocycles. The Morgan fingerprint density at radius 1 is 1.07 bits per heavy atom. The zero-order valence-corrected chi connectivity index (χ0v) is 14.5. The molecule has 1 saturated heterocycles. The second-order valence-corrected chi connectivity index (χ2v) is 6.21. The van der Waals surface area contributed by atoms with Gasteiger partial charge in [-0.15, -0.1) is 0 Å². The van der Waals surface area contributed by atoms with E-state index in [1.807, 2.05) is 30.3 Å².